The van der Waals surface area contributed by atoms with Crippen molar-refractivity contribution in [3.05, 3.63) is 12.2 Å². The maximum Gasteiger partial charge on any atom is 0.248 e. The lowest BCUT2D eigenvalue weighted by atomic mass is 10.2. The Labute approximate surface area is 78.4 Å². The van der Waals surface area contributed by atoms with Crippen LogP contribution < -0.4 is 5.73 Å². The maximum atomic E-state index is 11.4. The van der Waals surface area contributed by atoms with E-state index in [9.17, 15) is 9.59 Å². The van der Waals surface area contributed by atoms with Gasteiger partial charge in [-0.2, -0.15) is 0 Å². The van der Waals surface area contributed by atoms with E-state index < -0.39 is 5.91 Å². The molecule has 0 spiro atoms. The van der Waals surface area contributed by atoms with Crippen molar-refractivity contribution in [1.29, 1.82) is 0 Å². The standard InChI is InChI=1S/C9H16N2O2/c1-4-11(6-5-8(10)12)9(13)7(2)3/h2,4-6H2,1,3H3,(H2,10,12). The lowest BCUT2D eigenvalue weighted by molar-refractivity contribution is -0.127. The fourth-order valence-corrected chi connectivity index (χ4v) is 0.918. The average Bonchev–Trinajstić information content (AvgIpc) is 2.04. The molecule has 0 aromatic carbocycles. The zero-order chi connectivity index (χ0) is 10.4. The largest absolute Gasteiger partial charge is 0.370 e. The molecular formula is C9H16N2O2. The molecule has 0 unspecified atom stereocenters. The third-order valence-electron chi connectivity index (χ3n) is 1.66. The van der Waals surface area contributed by atoms with Gasteiger partial charge < -0.3 is 10.6 Å². The summed E-state index contributed by atoms with van der Waals surface area (Å²) in [6.45, 7) is 7.98. The van der Waals surface area contributed by atoms with Gasteiger partial charge in [0.15, 0.2) is 0 Å². The van der Waals surface area contributed by atoms with E-state index in [2.05, 4.69) is 6.58 Å². The lowest BCUT2D eigenvalue weighted by Gasteiger charge is -2.19. The number of carbonyl (C=O) groups is 2. The summed E-state index contributed by atoms with van der Waals surface area (Å²) < 4.78 is 0. The Bertz CT molecular complexity index is 224. The lowest BCUT2D eigenvalue weighted by Crippen LogP contribution is -2.34. The summed E-state index contributed by atoms with van der Waals surface area (Å²) in [5.41, 5.74) is 5.45. The van der Waals surface area contributed by atoms with E-state index in [-0.39, 0.29) is 12.3 Å². The molecule has 0 fully saturated rings. The fraction of sp³-hybridized carbons (Fsp3) is 0.556. The van der Waals surface area contributed by atoms with Crippen molar-refractivity contribution in [2.45, 2.75) is 20.3 Å². The van der Waals surface area contributed by atoms with Gasteiger partial charge in [0.2, 0.25) is 11.8 Å². The quantitative estimate of drug-likeness (QED) is 0.624. The Morgan fingerprint density at radius 2 is 2.00 bits per heavy atom. The average molecular weight is 184 g/mol. The number of amides is 2. The van der Waals surface area contributed by atoms with Crippen molar-refractivity contribution in [1.82, 2.24) is 4.90 Å². The van der Waals surface area contributed by atoms with Gasteiger partial charge in [-0.1, -0.05) is 6.58 Å². The molecule has 4 heteroatoms. The molecule has 0 aliphatic rings. The molecule has 0 atom stereocenters. The van der Waals surface area contributed by atoms with Crippen molar-refractivity contribution >= 4 is 11.8 Å². The molecule has 0 aromatic heterocycles. The summed E-state index contributed by atoms with van der Waals surface area (Å²) in [7, 11) is 0. The third kappa shape index (κ3) is 4.30. The van der Waals surface area contributed by atoms with Crippen LogP contribution in [-0.4, -0.2) is 29.8 Å². The number of nitrogens with two attached hydrogens (primary N) is 1. The summed E-state index contributed by atoms with van der Waals surface area (Å²) in [5, 5.41) is 0. The molecule has 74 valence electrons. The highest BCUT2D eigenvalue weighted by atomic mass is 16.2. The number of nitrogens with zero attached hydrogens (tertiary/aromatic N) is 1. The molecular weight excluding hydrogens is 168 g/mol. The summed E-state index contributed by atoms with van der Waals surface area (Å²) in [5.74, 6) is -0.517. The Morgan fingerprint density at radius 3 is 2.31 bits per heavy atom. The van der Waals surface area contributed by atoms with E-state index in [1.165, 1.54) is 0 Å². The number of hydrogen-bond acceptors (Lipinski definition) is 2. The minimum absolute atomic E-state index is 0.122. The van der Waals surface area contributed by atoms with E-state index in [0.717, 1.165) is 0 Å². The van der Waals surface area contributed by atoms with Crippen molar-refractivity contribution in [3.8, 4) is 0 Å². The van der Waals surface area contributed by atoms with Crippen LogP contribution in [-0.2, 0) is 9.59 Å². The second-order valence-corrected chi connectivity index (χ2v) is 2.88. The molecule has 0 saturated heterocycles. The minimum atomic E-state index is -0.395. The maximum absolute atomic E-state index is 11.4. The van der Waals surface area contributed by atoms with E-state index in [1.807, 2.05) is 6.92 Å². The monoisotopic (exact) mass is 184 g/mol. The fourth-order valence-electron chi connectivity index (χ4n) is 0.918. The molecule has 2 amide bonds. The summed E-state index contributed by atoms with van der Waals surface area (Å²) in [6, 6.07) is 0. The molecule has 0 radical (unpaired) electrons. The highest BCUT2D eigenvalue weighted by Crippen LogP contribution is 1.99. The molecule has 2 N–H and O–H groups in total. The van der Waals surface area contributed by atoms with Crippen LogP contribution in [0, 0.1) is 0 Å². The van der Waals surface area contributed by atoms with Crippen LogP contribution in [0.1, 0.15) is 20.3 Å². The van der Waals surface area contributed by atoms with Gasteiger partial charge in [0.1, 0.15) is 0 Å². The Hall–Kier alpha value is -1.32. The number of primary amides is 1. The van der Waals surface area contributed by atoms with Crippen molar-refractivity contribution in [2.24, 2.45) is 5.73 Å². The van der Waals surface area contributed by atoms with Gasteiger partial charge in [0.05, 0.1) is 0 Å². The van der Waals surface area contributed by atoms with Crippen LogP contribution in [0.5, 0.6) is 0 Å². The van der Waals surface area contributed by atoms with Gasteiger partial charge in [-0.15, -0.1) is 0 Å². The molecule has 0 rings (SSSR count). The van der Waals surface area contributed by atoms with Gasteiger partial charge in [-0.05, 0) is 13.8 Å². The smallest absolute Gasteiger partial charge is 0.248 e. The molecule has 0 saturated carbocycles. The molecule has 0 aromatic rings. The van der Waals surface area contributed by atoms with Crippen molar-refractivity contribution in [3.63, 3.8) is 0 Å². The second-order valence-electron chi connectivity index (χ2n) is 2.88. The molecule has 0 heterocycles. The van der Waals surface area contributed by atoms with Crippen LogP contribution in [0.2, 0.25) is 0 Å². The number of rotatable bonds is 5. The van der Waals surface area contributed by atoms with E-state index in [1.54, 1.807) is 11.8 Å². The molecule has 0 bridgehead atoms. The predicted molar refractivity (Wildman–Crippen MR) is 50.9 cm³/mol. The van der Waals surface area contributed by atoms with Crippen molar-refractivity contribution < 1.29 is 9.59 Å². The number of carbonyl (C=O) groups excluding carboxylic acids is 2. The predicted octanol–water partition coefficient (Wildman–Crippen LogP) is 0.286. The topological polar surface area (TPSA) is 63.4 Å². The normalized spacial score (nSPS) is 9.38. The van der Waals surface area contributed by atoms with Crippen LogP contribution >= 0.6 is 0 Å². The van der Waals surface area contributed by atoms with E-state index in [0.29, 0.717) is 18.7 Å². The van der Waals surface area contributed by atoms with Gasteiger partial charge in [0, 0.05) is 25.1 Å². The molecule has 0 aliphatic carbocycles. The highest BCUT2D eigenvalue weighted by Gasteiger charge is 2.12. The van der Waals surface area contributed by atoms with Gasteiger partial charge in [-0.3, -0.25) is 9.59 Å². The first kappa shape index (κ1) is 11.7. The molecule has 13 heavy (non-hydrogen) atoms. The highest BCUT2D eigenvalue weighted by molar-refractivity contribution is 5.92. The van der Waals surface area contributed by atoms with Crippen LogP contribution in [0.4, 0.5) is 0 Å². The number of hydrogen-bond donors (Lipinski definition) is 1. The summed E-state index contributed by atoms with van der Waals surface area (Å²) >= 11 is 0. The Morgan fingerprint density at radius 1 is 1.46 bits per heavy atom. The molecule has 4 nitrogen and oxygen atoms in total. The zero-order valence-corrected chi connectivity index (χ0v) is 8.17. The van der Waals surface area contributed by atoms with Gasteiger partial charge >= 0.3 is 0 Å². The SMILES string of the molecule is C=C(C)C(=O)N(CC)CCC(N)=O. The first-order chi connectivity index (χ1) is 5.99. The van der Waals surface area contributed by atoms with E-state index >= 15 is 0 Å². The zero-order valence-electron chi connectivity index (χ0n) is 8.17. The number of likely N-dealkylation sites (N-methyl/N-ethyl adjacent to an activating group) is 1. The Kier molecular flexibility index (Phi) is 4.80. The minimum Gasteiger partial charge on any atom is -0.370 e. The van der Waals surface area contributed by atoms with Crippen molar-refractivity contribution in [2.75, 3.05) is 13.1 Å². The Balaban J connectivity index is 4.10. The van der Waals surface area contributed by atoms with Crippen LogP contribution in [0.15, 0.2) is 12.2 Å². The van der Waals surface area contributed by atoms with Crippen LogP contribution in [0.3, 0.4) is 0 Å². The first-order valence-electron chi connectivity index (χ1n) is 4.22. The summed E-state index contributed by atoms with van der Waals surface area (Å²) in [6.07, 6.45) is 0.201. The van der Waals surface area contributed by atoms with Crippen LogP contribution in [0.25, 0.3) is 0 Å². The summed E-state index contributed by atoms with van der Waals surface area (Å²) in [4.78, 5) is 23.4. The van der Waals surface area contributed by atoms with Gasteiger partial charge in [-0.25, -0.2) is 0 Å². The van der Waals surface area contributed by atoms with Gasteiger partial charge in [0.25, 0.3) is 0 Å². The second kappa shape index (κ2) is 5.35. The first-order valence-corrected chi connectivity index (χ1v) is 4.22. The molecule has 0 aliphatic heterocycles. The van der Waals surface area contributed by atoms with E-state index in [4.69, 9.17) is 5.73 Å². The third-order valence-corrected chi connectivity index (χ3v) is 1.66.